The number of aliphatic hydroxyl groups is 1. The van der Waals surface area contributed by atoms with E-state index in [1.54, 1.807) is 10.7 Å². The summed E-state index contributed by atoms with van der Waals surface area (Å²) in [7, 11) is 0. The third-order valence-electron chi connectivity index (χ3n) is 2.94. The van der Waals surface area contributed by atoms with Gasteiger partial charge in [-0.25, -0.2) is 9.50 Å². The third kappa shape index (κ3) is 2.56. The van der Waals surface area contributed by atoms with Crippen LogP contribution in [0.5, 0.6) is 0 Å². The van der Waals surface area contributed by atoms with Gasteiger partial charge in [-0.1, -0.05) is 24.3 Å². The SMILES string of the molecule is OCc1ccc(CNc2ccn3nccc3n2)cc1. The monoisotopic (exact) mass is 254 g/mol. The molecule has 0 saturated carbocycles. The van der Waals surface area contributed by atoms with E-state index in [2.05, 4.69) is 15.4 Å². The predicted molar refractivity (Wildman–Crippen MR) is 72.7 cm³/mol. The van der Waals surface area contributed by atoms with E-state index in [-0.39, 0.29) is 6.61 Å². The number of hydrogen-bond donors (Lipinski definition) is 2. The van der Waals surface area contributed by atoms with Crippen LogP contribution in [0.3, 0.4) is 0 Å². The molecule has 2 heterocycles. The number of fused-ring (bicyclic) bond motifs is 1. The Bertz CT molecular complexity index is 675. The molecule has 2 N–H and O–H groups in total. The van der Waals surface area contributed by atoms with Gasteiger partial charge in [-0.2, -0.15) is 5.10 Å². The molecule has 3 aromatic rings. The second-order valence-corrected chi connectivity index (χ2v) is 4.27. The van der Waals surface area contributed by atoms with E-state index in [1.165, 1.54) is 0 Å². The van der Waals surface area contributed by atoms with Crippen molar-refractivity contribution in [1.29, 1.82) is 0 Å². The fourth-order valence-corrected chi connectivity index (χ4v) is 1.87. The first-order valence-electron chi connectivity index (χ1n) is 6.08. The van der Waals surface area contributed by atoms with Crippen molar-refractivity contribution in [3.05, 3.63) is 59.9 Å². The molecule has 96 valence electrons. The van der Waals surface area contributed by atoms with Gasteiger partial charge in [0.15, 0.2) is 5.65 Å². The predicted octanol–water partition coefficient (Wildman–Crippen LogP) is 1.83. The van der Waals surface area contributed by atoms with Crippen molar-refractivity contribution in [2.24, 2.45) is 0 Å². The Morgan fingerprint density at radius 1 is 1.05 bits per heavy atom. The summed E-state index contributed by atoms with van der Waals surface area (Å²) in [6.45, 7) is 0.774. The number of aromatic nitrogens is 3. The van der Waals surface area contributed by atoms with E-state index in [1.807, 2.05) is 42.6 Å². The number of aliphatic hydroxyl groups excluding tert-OH is 1. The number of benzene rings is 1. The Morgan fingerprint density at radius 3 is 2.63 bits per heavy atom. The van der Waals surface area contributed by atoms with Gasteiger partial charge in [0.1, 0.15) is 5.82 Å². The van der Waals surface area contributed by atoms with Crippen molar-refractivity contribution in [3.63, 3.8) is 0 Å². The number of nitrogens with zero attached hydrogens (tertiary/aromatic N) is 3. The number of hydrogen-bond acceptors (Lipinski definition) is 4. The molecule has 0 saturated heterocycles. The van der Waals surface area contributed by atoms with Gasteiger partial charge in [0.05, 0.1) is 12.8 Å². The van der Waals surface area contributed by atoms with Crippen LogP contribution in [-0.2, 0) is 13.2 Å². The molecule has 0 aliphatic rings. The quantitative estimate of drug-likeness (QED) is 0.745. The van der Waals surface area contributed by atoms with Gasteiger partial charge < -0.3 is 10.4 Å². The minimum Gasteiger partial charge on any atom is -0.392 e. The van der Waals surface area contributed by atoms with E-state index in [4.69, 9.17) is 5.11 Å². The van der Waals surface area contributed by atoms with Crippen molar-refractivity contribution in [2.75, 3.05) is 5.32 Å². The maximum absolute atomic E-state index is 8.98. The number of nitrogens with one attached hydrogen (secondary N) is 1. The second kappa shape index (κ2) is 5.07. The molecule has 0 radical (unpaired) electrons. The molecule has 3 rings (SSSR count). The van der Waals surface area contributed by atoms with Crippen LogP contribution in [0.2, 0.25) is 0 Å². The lowest BCUT2D eigenvalue weighted by atomic mass is 10.1. The van der Waals surface area contributed by atoms with Gasteiger partial charge in [-0.3, -0.25) is 0 Å². The van der Waals surface area contributed by atoms with Gasteiger partial charge in [0.25, 0.3) is 0 Å². The van der Waals surface area contributed by atoms with Crippen LogP contribution in [0.1, 0.15) is 11.1 Å². The average Bonchev–Trinajstić information content (AvgIpc) is 2.93. The third-order valence-corrected chi connectivity index (χ3v) is 2.94. The van der Waals surface area contributed by atoms with Crippen LogP contribution in [0.15, 0.2) is 48.8 Å². The first kappa shape index (κ1) is 11.7. The highest BCUT2D eigenvalue weighted by atomic mass is 16.3. The standard InChI is InChI=1S/C14H14N4O/c19-10-12-3-1-11(2-4-12)9-15-13-6-8-18-14(17-13)5-7-16-18/h1-8,19H,9-10H2,(H,15,17). The van der Waals surface area contributed by atoms with Gasteiger partial charge in [-0.15, -0.1) is 0 Å². The smallest absolute Gasteiger partial charge is 0.157 e. The Labute approximate surface area is 110 Å². The summed E-state index contributed by atoms with van der Waals surface area (Å²) >= 11 is 0. The van der Waals surface area contributed by atoms with Crippen molar-refractivity contribution in [1.82, 2.24) is 14.6 Å². The molecular formula is C14H14N4O. The van der Waals surface area contributed by atoms with E-state index in [0.717, 1.165) is 22.6 Å². The van der Waals surface area contributed by atoms with Crippen LogP contribution >= 0.6 is 0 Å². The fraction of sp³-hybridized carbons (Fsp3) is 0.143. The number of anilines is 1. The van der Waals surface area contributed by atoms with Crippen molar-refractivity contribution in [3.8, 4) is 0 Å². The van der Waals surface area contributed by atoms with Crippen LogP contribution in [-0.4, -0.2) is 19.7 Å². The second-order valence-electron chi connectivity index (χ2n) is 4.27. The van der Waals surface area contributed by atoms with Crippen molar-refractivity contribution >= 4 is 11.5 Å². The lowest BCUT2D eigenvalue weighted by Gasteiger charge is -2.06. The summed E-state index contributed by atoms with van der Waals surface area (Å²) in [4.78, 5) is 4.43. The highest BCUT2D eigenvalue weighted by Crippen LogP contribution is 2.09. The first-order valence-corrected chi connectivity index (χ1v) is 6.08. The van der Waals surface area contributed by atoms with E-state index >= 15 is 0 Å². The lowest BCUT2D eigenvalue weighted by molar-refractivity contribution is 0.282. The molecule has 19 heavy (non-hydrogen) atoms. The van der Waals surface area contributed by atoms with E-state index in [9.17, 15) is 0 Å². The Kier molecular flexibility index (Phi) is 3.12. The highest BCUT2D eigenvalue weighted by Gasteiger charge is 1.99. The van der Waals surface area contributed by atoms with Crippen molar-refractivity contribution < 1.29 is 5.11 Å². The van der Waals surface area contributed by atoms with Crippen LogP contribution in [0.25, 0.3) is 5.65 Å². The summed E-state index contributed by atoms with van der Waals surface area (Å²) < 4.78 is 1.72. The van der Waals surface area contributed by atoms with Gasteiger partial charge >= 0.3 is 0 Å². The van der Waals surface area contributed by atoms with Gasteiger partial charge in [0.2, 0.25) is 0 Å². The molecule has 0 atom stereocenters. The minimum absolute atomic E-state index is 0.0765. The Balaban J connectivity index is 1.70. The molecule has 0 spiro atoms. The largest absolute Gasteiger partial charge is 0.392 e. The maximum atomic E-state index is 8.98. The van der Waals surface area contributed by atoms with E-state index < -0.39 is 0 Å². The molecule has 5 nitrogen and oxygen atoms in total. The van der Waals surface area contributed by atoms with Crippen LogP contribution < -0.4 is 5.32 Å². The van der Waals surface area contributed by atoms with Gasteiger partial charge in [-0.05, 0) is 17.2 Å². The average molecular weight is 254 g/mol. The molecule has 0 bridgehead atoms. The minimum atomic E-state index is 0.0765. The van der Waals surface area contributed by atoms with Crippen LogP contribution in [0.4, 0.5) is 5.82 Å². The summed E-state index contributed by atoms with van der Waals surface area (Å²) in [6, 6.07) is 11.6. The molecule has 0 unspecified atom stereocenters. The van der Waals surface area contributed by atoms with Crippen LogP contribution in [0, 0.1) is 0 Å². The normalized spacial score (nSPS) is 10.8. The number of rotatable bonds is 4. The summed E-state index contributed by atoms with van der Waals surface area (Å²) in [5.41, 5.74) is 2.88. The summed E-state index contributed by atoms with van der Waals surface area (Å²) in [5, 5.41) is 16.3. The zero-order chi connectivity index (χ0) is 13.1. The Hall–Kier alpha value is -2.40. The zero-order valence-corrected chi connectivity index (χ0v) is 10.3. The Morgan fingerprint density at radius 2 is 1.84 bits per heavy atom. The molecule has 1 aromatic carbocycles. The molecule has 5 heteroatoms. The fourth-order valence-electron chi connectivity index (χ4n) is 1.87. The molecule has 0 aliphatic carbocycles. The zero-order valence-electron chi connectivity index (χ0n) is 10.3. The molecular weight excluding hydrogens is 240 g/mol. The lowest BCUT2D eigenvalue weighted by Crippen LogP contribution is -2.02. The first-order chi connectivity index (χ1) is 9.35. The molecule has 0 aliphatic heterocycles. The highest BCUT2D eigenvalue weighted by molar-refractivity contribution is 5.45. The van der Waals surface area contributed by atoms with Crippen molar-refractivity contribution in [2.45, 2.75) is 13.2 Å². The van der Waals surface area contributed by atoms with Gasteiger partial charge in [0, 0.05) is 18.8 Å². The van der Waals surface area contributed by atoms with E-state index in [0.29, 0.717) is 6.54 Å². The summed E-state index contributed by atoms with van der Waals surface area (Å²) in [6.07, 6.45) is 3.60. The molecule has 2 aromatic heterocycles. The molecule has 0 amide bonds. The summed E-state index contributed by atoms with van der Waals surface area (Å²) in [5.74, 6) is 0.819. The topological polar surface area (TPSA) is 62.5 Å². The maximum Gasteiger partial charge on any atom is 0.157 e. The molecule has 0 fully saturated rings.